The summed E-state index contributed by atoms with van der Waals surface area (Å²) in [6.07, 6.45) is 5.51. The highest BCUT2D eigenvalue weighted by Crippen LogP contribution is 2.19. The third-order valence-corrected chi connectivity index (χ3v) is 4.32. The third-order valence-electron chi connectivity index (χ3n) is 4.32. The van der Waals surface area contributed by atoms with Gasteiger partial charge in [-0.15, -0.1) is 10.2 Å². The van der Waals surface area contributed by atoms with Gasteiger partial charge in [0.1, 0.15) is 12.7 Å². The van der Waals surface area contributed by atoms with Gasteiger partial charge in [-0.25, -0.2) is 9.67 Å². The van der Waals surface area contributed by atoms with Crippen LogP contribution in [0.2, 0.25) is 0 Å². The molecule has 1 amide bonds. The lowest BCUT2D eigenvalue weighted by Crippen LogP contribution is -2.31. The molecule has 0 aliphatic rings. The van der Waals surface area contributed by atoms with Crippen LogP contribution >= 0.6 is 0 Å². The summed E-state index contributed by atoms with van der Waals surface area (Å²) in [7, 11) is 0. The van der Waals surface area contributed by atoms with Gasteiger partial charge in [-0.2, -0.15) is 5.10 Å². The van der Waals surface area contributed by atoms with Gasteiger partial charge in [0, 0.05) is 12.1 Å². The van der Waals surface area contributed by atoms with Gasteiger partial charge in [-0.1, -0.05) is 19.1 Å². The number of hydrogen-bond acceptors (Lipinski definition) is 7. The second kappa shape index (κ2) is 8.51. The van der Waals surface area contributed by atoms with E-state index in [1.165, 1.54) is 6.33 Å². The predicted molar refractivity (Wildman–Crippen MR) is 103 cm³/mol. The molecule has 9 nitrogen and oxygen atoms in total. The standard InChI is InChI=1S/C20H20N6O3/c1-2-9-25(12-18-23-24-19(29-18)17-4-3-10-28-17)20(27)16-7-5-15(6-8-16)11-26-14-21-13-22-26/h3-8,10,13-14H,2,9,11-12H2,1H3. The van der Waals surface area contributed by atoms with Crippen molar-refractivity contribution < 1.29 is 13.6 Å². The van der Waals surface area contributed by atoms with E-state index in [4.69, 9.17) is 8.83 Å². The number of amides is 1. The zero-order chi connectivity index (χ0) is 20.1. The fraction of sp³-hybridized carbons (Fsp3) is 0.250. The Bertz CT molecular complexity index is 1040. The first-order chi connectivity index (χ1) is 14.2. The second-order valence-corrected chi connectivity index (χ2v) is 6.49. The number of rotatable bonds is 8. The number of aromatic nitrogens is 5. The van der Waals surface area contributed by atoms with E-state index in [0.717, 1.165) is 12.0 Å². The van der Waals surface area contributed by atoms with Crippen molar-refractivity contribution >= 4 is 5.91 Å². The summed E-state index contributed by atoms with van der Waals surface area (Å²) in [5.74, 6) is 1.07. The van der Waals surface area contributed by atoms with Crippen molar-refractivity contribution in [2.75, 3.05) is 6.54 Å². The van der Waals surface area contributed by atoms with Crippen LogP contribution in [0.5, 0.6) is 0 Å². The number of carbonyl (C=O) groups excluding carboxylic acids is 1. The Morgan fingerprint density at radius 3 is 2.72 bits per heavy atom. The van der Waals surface area contributed by atoms with Crippen molar-refractivity contribution in [2.24, 2.45) is 0 Å². The maximum atomic E-state index is 13.0. The van der Waals surface area contributed by atoms with E-state index in [1.54, 1.807) is 34.3 Å². The van der Waals surface area contributed by atoms with Gasteiger partial charge in [0.05, 0.1) is 19.4 Å². The number of benzene rings is 1. The molecule has 0 bridgehead atoms. The first-order valence-corrected chi connectivity index (χ1v) is 9.30. The molecule has 0 spiro atoms. The van der Waals surface area contributed by atoms with Crippen molar-refractivity contribution in [1.82, 2.24) is 29.9 Å². The summed E-state index contributed by atoms with van der Waals surface area (Å²) in [5.41, 5.74) is 1.64. The highest BCUT2D eigenvalue weighted by Gasteiger charge is 2.19. The van der Waals surface area contributed by atoms with E-state index in [9.17, 15) is 4.79 Å². The number of furan rings is 1. The minimum Gasteiger partial charge on any atom is -0.459 e. The molecule has 4 rings (SSSR count). The minimum atomic E-state index is -0.0862. The zero-order valence-electron chi connectivity index (χ0n) is 15.9. The molecule has 29 heavy (non-hydrogen) atoms. The molecule has 0 unspecified atom stereocenters. The molecule has 0 saturated carbocycles. The van der Waals surface area contributed by atoms with E-state index in [1.807, 2.05) is 31.2 Å². The average molecular weight is 392 g/mol. The van der Waals surface area contributed by atoms with Gasteiger partial charge in [0.2, 0.25) is 5.89 Å². The SMILES string of the molecule is CCCN(Cc1nnc(-c2ccco2)o1)C(=O)c1ccc(Cn2cncn2)cc1. The Hall–Kier alpha value is -3.75. The van der Waals surface area contributed by atoms with Gasteiger partial charge in [-0.05, 0) is 36.2 Å². The second-order valence-electron chi connectivity index (χ2n) is 6.49. The lowest BCUT2D eigenvalue weighted by molar-refractivity contribution is 0.0728. The average Bonchev–Trinajstić information content (AvgIpc) is 3.50. The molecule has 148 valence electrons. The molecule has 0 atom stereocenters. The summed E-state index contributed by atoms with van der Waals surface area (Å²) in [6, 6.07) is 11.0. The summed E-state index contributed by atoms with van der Waals surface area (Å²) in [6.45, 7) is 3.44. The summed E-state index contributed by atoms with van der Waals surface area (Å²) < 4.78 is 12.6. The van der Waals surface area contributed by atoms with E-state index in [2.05, 4.69) is 20.3 Å². The summed E-state index contributed by atoms with van der Waals surface area (Å²) >= 11 is 0. The Morgan fingerprint density at radius 1 is 1.17 bits per heavy atom. The van der Waals surface area contributed by atoms with Crippen LogP contribution in [0.25, 0.3) is 11.7 Å². The van der Waals surface area contributed by atoms with E-state index in [0.29, 0.717) is 36.2 Å². The molecule has 0 N–H and O–H groups in total. The van der Waals surface area contributed by atoms with Crippen molar-refractivity contribution in [3.05, 3.63) is 72.3 Å². The van der Waals surface area contributed by atoms with Crippen LogP contribution in [0.3, 0.4) is 0 Å². The fourth-order valence-electron chi connectivity index (χ4n) is 2.94. The van der Waals surface area contributed by atoms with Gasteiger partial charge in [0.15, 0.2) is 5.76 Å². The third kappa shape index (κ3) is 4.40. The number of carbonyl (C=O) groups is 1. The van der Waals surface area contributed by atoms with Crippen molar-refractivity contribution in [1.29, 1.82) is 0 Å². The summed E-state index contributed by atoms with van der Waals surface area (Å²) in [4.78, 5) is 18.6. The molecule has 9 heteroatoms. The normalized spacial score (nSPS) is 10.9. The molecule has 0 saturated heterocycles. The highest BCUT2D eigenvalue weighted by molar-refractivity contribution is 5.94. The molecular formula is C20H20N6O3. The highest BCUT2D eigenvalue weighted by atomic mass is 16.4. The maximum absolute atomic E-state index is 13.0. The Balaban J connectivity index is 1.45. The Labute approximate surface area is 167 Å². The molecule has 4 aromatic rings. The lowest BCUT2D eigenvalue weighted by Gasteiger charge is -2.20. The molecule has 0 aliphatic heterocycles. The molecular weight excluding hydrogens is 372 g/mol. The van der Waals surface area contributed by atoms with Gasteiger partial charge in [0.25, 0.3) is 11.8 Å². The zero-order valence-corrected chi connectivity index (χ0v) is 15.9. The summed E-state index contributed by atoms with van der Waals surface area (Å²) in [5, 5.41) is 12.1. The lowest BCUT2D eigenvalue weighted by atomic mass is 10.1. The Morgan fingerprint density at radius 2 is 2.03 bits per heavy atom. The van der Waals surface area contributed by atoms with Crippen LogP contribution in [-0.4, -0.2) is 42.3 Å². The van der Waals surface area contributed by atoms with Crippen LogP contribution in [-0.2, 0) is 13.1 Å². The smallest absolute Gasteiger partial charge is 0.283 e. The van der Waals surface area contributed by atoms with Crippen LogP contribution in [0.1, 0.15) is 35.2 Å². The van der Waals surface area contributed by atoms with Crippen LogP contribution in [0.15, 0.2) is 64.2 Å². The van der Waals surface area contributed by atoms with E-state index < -0.39 is 0 Å². The van der Waals surface area contributed by atoms with Crippen molar-refractivity contribution in [3.8, 4) is 11.7 Å². The largest absolute Gasteiger partial charge is 0.459 e. The Kier molecular flexibility index (Phi) is 5.46. The van der Waals surface area contributed by atoms with Gasteiger partial charge in [-0.3, -0.25) is 4.79 Å². The van der Waals surface area contributed by atoms with Gasteiger partial charge >= 0.3 is 0 Å². The van der Waals surface area contributed by atoms with Crippen LogP contribution in [0, 0.1) is 0 Å². The first kappa shape index (κ1) is 18.6. The van der Waals surface area contributed by atoms with Crippen molar-refractivity contribution in [2.45, 2.75) is 26.4 Å². The van der Waals surface area contributed by atoms with Crippen molar-refractivity contribution in [3.63, 3.8) is 0 Å². The van der Waals surface area contributed by atoms with Gasteiger partial charge < -0.3 is 13.7 Å². The molecule has 0 radical (unpaired) electrons. The molecule has 0 aliphatic carbocycles. The van der Waals surface area contributed by atoms with E-state index >= 15 is 0 Å². The predicted octanol–water partition coefficient (Wildman–Crippen LogP) is 3.02. The first-order valence-electron chi connectivity index (χ1n) is 9.30. The molecule has 0 fully saturated rings. The molecule has 3 heterocycles. The fourth-order valence-corrected chi connectivity index (χ4v) is 2.94. The number of hydrogen-bond donors (Lipinski definition) is 0. The topological polar surface area (TPSA) is 103 Å². The molecule has 3 aromatic heterocycles. The van der Waals surface area contributed by atoms with Crippen LogP contribution in [0.4, 0.5) is 0 Å². The minimum absolute atomic E-state index is 0.0862. The molecule has 1 aromatic carbocycles. The number of nitrogens with zero attached hydrogens (tertiary/aromatic N) is 6. The van der Waals surface area contributed by atoms with E-state index in [-0.39, 0.29) is 12.5 Å². The maximum Gasteiger partial charge on any atom is 0.283 e. The monoisotopic (exact) mass is 392 g/mol. The quantitative estimate of drug-likeness (QED) is 0.454. The van der Waals surface area contributed by atoms with Crippen LogP contribution < -0.4 is 0 Å².